The number of anilines is 2. The molecule has 0 aliphatic rings. The first kappa shape index (κ1) is 63.2. The zero-order valence-corrected chi connectivity index (χ0v) is 45.7. The molecule has 0 aliphatic heterocycles. The number of imidazole rings is 2. The van der Waals surface area contributed by atoms with Crippen LogP contribution in [0.2, 0.25) is 0 Å². The second-order valence-corrected chi connectivity index (χ2v) is 19.4. The molecule has 0 spiro atoms. The molecule has 452 valence electrons. The second kappa shape index (κ2) is 25.2. The molecule has 0 fully saturated rings. The Morgan fingerprint density at radius 2 is 0.965 bits per heavy atom. The van der Waals surface area contributed by atoms with Gasteiger partial charge < -0.3 is 38.5 Å². The summed E-state index contributed by atoms with van der Waals surface area (Å²) in [6.07, 6.45) is -16.4. The van der Waals surface area contributed by atoms with Gasteiger partial charge in [-0.2, -0.15) is 26.3 Å². The van der Waals surface area contributed by atoms with Crippen LogP contribution in [0.5, 0.6) is 34.5 Å². The molecule has 28 heteroatoms. The van der Waals surface area contributed by atoms with Gasteiger partial charge in [0.2, 0.25) is 0 Å². The summed E-state index contributed by atoms with van der Waals surface area (Å²) in [6, 6.07) is 21.6. The van der Waals surface area contributed by atoms with E-state index in [-0.39, 0.29) is 40.0 Å². The van der Waals surface area contributed by atoms with Crippen LogP contribution >= 0.6 is 0 Å². The van der Waals surface area contributed by atoms with Gasteiger partial charge in [-0.15, -0.1) is 26.3 Å². The van der Waals surface area contributed by atoms with Gasteiger partial charge in [0.05, 0.1) is 85.7 Å². The number of methoxy groups -OCH3 is 2. The number of fused-ring (bicyclic) bond motifs is 2. The van der Waals surface area contributed by atoms with Crippen LogP contribution in [0.25, 0.3) is 33.8 Å². The van der Waals surface area contributed by atoms with E-state index in [4.69, 9.17) is 23.7 Å². The monoisotopic (exact) mass is 1210 g/mol. The van der Waals surface area contributed by atoms with Crippen molar-refractivity contribution in [2.24, 2.45) is 0 Å². The highest BCUT2D eigenvalue weighted by Gasteiger charge is 2.35. The zero-order valence-electron chi connectivity index (χ0n) is 45.7. The predicted octanol–water partition coefficient (Wildman–Crippen LogP) is 15.6. The Morgan fingerprint density at radius 3 is 1.38 bits per heavy atom. The minimum atomic E-state index is -4.91. The molecule has 4 aromatic heterocycles. The molecule has 8 aromatic rings. The standard InChI is InChI=1S/C31H29F6N3O6.C26H21F6N3O4/c1-18-14-19(6-11-23(18)27(41)43-5)25-16-38-26-24(39(13-12-30(32,33)34)28(42)46-29(2,3)4)15-22(17-40(25)26)44-20-7-9-21(10-8-20)45-31(35,36)37;1-15-11-16(3-8-20(15)24(36)37-2)22-13-34-23-21(33-10-9-25(27,28)29)12-19(14-35(22)23)38-17-4-6-18(7-5-17)39-26(30,31)32/h6-11,14-17H,12-13H2,1-5H3;3-8,11-14,33H,9-10H2,1-2H3. The van der Waals surface area contributed by atoms with Crippen LogP contribution in [-0.2, 0) is 14.2 Å². The summed E-state index contributed by atoms with van der Waals surface area (Å²) < 4.78 is 191. The predicted molar refractivity (Wildman–Crippen MR) is 283 cm³/mol. The number of alkyl halides is 12. The summed E-state index contributed by atoms with van der Waals surface area (Å²) in [5.74, 6) is -1.62. The highest BCUT2D eigenvalue weighted by Crippen LogP contribution is 2.38. The third-order valence-corrected chi connectivity index (χ3v) is 11.8. The number of nitrogens with one attached hydrogen (secondary N) is 1. The maximum atomic E-state index is 13.4. The first-order valence-corrected chi connectivity index (χ1v) is 25.0. The van der Waals surface area contributed by atoms with E-state index in [0.717, 1.165) is 29.2 Å². The van der Waals surface area contributed by atoms with Gasteiger partial charge in [-0.05, 0) is 119 Å². The molecule has 0 saturated heterocycles. The lowest BCUT2D eigenvalue weighted by Gasteiger charge is -2.28. The highest BCUT2D eigenvalue weighted by molar-refractivity contribution is 5.95. The van der Waals surface area contributed by atoms with Gasteiger partial charge in [0.1, 0.15) is 40.1 Å². The Labute approximate surface area is 475 Å². The molecule has 0 radical (unpaired) electrons. The van der Waals surface area contributed by atoms with Crippen LogP contribution < -0.4 is 29.2 Å². The van der Waals surface area contributed by atoms with Gasteiger partial charge in [0.25, 0.3) is 0 Å². The molecule has 0 aliphatic carbocycles. The summed E-state index contributed by atoms with van der Waals surface area (Å²) in [7, 11) is 2.52. The van der Waals surface area contributed by atoms with Gasteiger partial charge in [-0.3, -0.25) is 13.7 Å². The molecular weight excluding hydrogens is 1160 g/mol. The SMILES string of the molecule is COC(=O)c1ccc(-c2cnc3c(N(CCC(F)(F)F)C(=O)OC(C)(C)C)cc(Oc4ccc(OC(F)(F)F)cc4)cn23)cc1C.COC(=O)c1ccc(-c2cnc3c(NCCC(F)(F)F)cc(Oc4ccc(OC(F)(F)F)cc4)cn23)cc1C. The van der Waals surface area contributed by atoms with Crippen molar-refractivity contribution in [3.8, 4) is 57.0 Å². The molecule has 0 saturated carbocycles. The summed E-state index contributed by atoms with van der Waals surface area (Å²) in [5, 5.41) is 2.72. The number of amides is 1. The number of carbonyl (C=O) groups is 3. The fourth-order valence-corrected chi connectivity index (χ4v) is 8.19. The second-order valence-electron chi connectivity index (χ2n) is 19.4. The van der Waals surface area contributed by atoms with E-state index in [0.29, 0.717) is 50.4 Å². The highest BCUT2D eigenvalue weighted by atomic mass is 19.4. The van der Waals surface area contributed by atoms with Crippen molar-refractivity contribution in [2.45, 2.75) is 78.1 Å². The number of benzene rings is 4. The normalized spacial score (nSPS) is 12.0. The Hall–Kier alpha value is -9.37. The number of aryl methyl sites for hydroxylation is 2. The van der Waals surface area contributed by atoms with E-state index in [1.165, 1.54) is 85.9 Å². The molecule has 16 nitrogen and oxygen atoms in total. The number of pyridine rings is 2. The maximum absolute atomic E-state index is 13.4. The van der Waals surface area contributed by atoms with E-state index in [1.54, 1.807) is 69.4 Å². The summed E-state index contributed by atoms with van der Waals surface area (Å²) >= 11 is 0. The number of ether oxygens (including phenoxy) is 7. The number of esters is 2. The first-order valence-electron chi connectivity index (χ1n) is 25.0. The molecule has 4 aromatic carbocycles. The van der Waals surface area contributed by atoms with Crippen LogP contribution in [0.1, 0.15) is 65.5 Å². The van der Waals surface area contributed by atoms with Gasteiger partial charge >= 0.3 is 43.1 Å². The van der Waals surface area contributed by atoms with Crippen LogP contribution in [-0.4, -0.2) is 94.8 Å². The molecule has 0 bridgehead atoms. The molecule has 1 N–H and O–H groups in total. The number of aromatic nitrogens is 4. The van der Waals surface area contributed by atoms with Crippen LogP contribution in [0.4, 0.5) is 68.9 Å². The lowest BCUT2D eigenvalue weighted by atomic mass is 10.0. The molecule has 85 heavy (non-hydrogen) atoms. The summed E-state index contributed by atoms with van der Waals surface area (Å²) in [4.78, 5) is 46.9. The lowest BCUT2D eigenvalue weighted by molar-refractivity contribution is -0.275. The van der Waals surface area contributed by atoms with Crippen molar-refractivity contribution in [1.29, 1.82) is 0 Å². The number of rotatable bonds is 16. The lowest BCUT2D eigenvalue weighted by Crippen LogP contribution is -2.39. The largest absolute Gasteiger partial charge is 0.573 e. The van der Waals surface area contributed by atoms with Crippen molar-refractivity contribution in [3.63, 3.8) is 0 Å². The van der Waals surface area contributed by atoms with Crippen LogP contribution in [0, 0.1) is 13.8 Å². The third kappa shape index (κ3) is 17.4. The number of nitrogens with zero attached hydrogens (tertiary/aromatic N) is 5. The molecule has 0 atom stereocenters. The average Bonchev–Trinajstić information content (AvgIpc) is 1.99. The molecule has 0 unspecified atom stereocenters. The van der Waals surface area contributed by atoms with Crippen molar-refractivity contribution in [3.05, 3.63) is 144 Å². The number of carbonyl (C=O) groups excluding carboxylic acids is 3. The van der Waals surface area contributed by atoms with Gasteiger partial charge in [0.15, 0.2) is 11.3 Å². The van der Waals surface area contributed by atoms with Gasteiger partial charge in [0, 0.05) is 36.3 Å². The number of halogens is 12. The van der Waals surface area contributed by atoms with Crippen molar-refractivity contribution < 1.29 is 100 Å². The zero-order chi connectivity index (χ0) is 62.4. The Bertz CT molecular complexity index is 3690. The van der Waals surface area contributed by atoms with Crippen molar-refractivity contribution in [2.75, 3.05) is 37.5 Å². The summed E-state index contributed by atoms with van der Waals surface area (Å²) in [5.41, 5.74) is 3.49. The number of hydrogen-bond acceptors (Lipinski definition) is 13. The van der Waals surface area contributed by atoms with E-state index >= 15 is 0 Å². The maximum Gasteiger partial charge on any atom is 0.573 e. The smallest absolute Gasteiger partial charge is 0.465 e. The van der Waals surface area contributed by atoms with Gasteiger partial charge in [-0.25, -0.2) is 24.4 Å². The number of hydrogen-bond donors (Lipinski definition) is 1. The third-order valence-electron chi connectivity index (χ3n) is 11.8. The fraction of sp³-hybridized carbons (Fsp3) is 0.281. The van der Waals surface area contributed by atoms with Crippen LogP contribution in [0.15, 0.2) is 122 Å². The Morgan fingerprint density at radius 1 is 0.541 bits per heavy atom. The van der Waals surface area contributed by atoms with Crippen molar-refractivity contribution >= 4 is 40.7 Å². The fourth-order valence-electron chi connectivity index (χ4n) is 8.19. The van der Waals surface area contributed by atoms with E-state index in [1.807, 2.05) is 0 Å². The average molecular weight is 1210 g/mol. The Kier molecular flexibility index (Phi) is 18.8. The topological polar surface area (TPSA) is 166 Å². The molecule has 8 rings (SSSR count). The summed E-state index contributed by atoms with van der Waals surface area (Å²) in [6.45, 7) is 6.83. The van der Waals surface area contributed by atoms with Crippen LogP contribution in [0.3, 0.4) is 0 Å². The molecule has 4 heterocycles. The quantitative estimate of drug-likeness (QED) is 0.0552. The van der Waals surface area contributed by atoms with E-state index in [9.17, 15) is 67.1 Å². The first-order chi connectivity index (χ1) is 39.7. The van der Waals surface area contributed by atoms with Crippen molar-refractivity contribution in [1.82, 2.24) is 18.8 Å². The Balaban J connectivity index is 0.000000247. The molecule has 1 amide bonds. The minimum absolute atomic E-state index is 0.00490. The molecular formula is C57H50F12N6O10. The van der Waals surface area contributed by atoms with E-state index < -0.39 is 86.1 Å². The minimum Gasteiger partial charge on any atom is -0.465 e. The van der Waals surface area contributed by atoms with Gasteiger partial charge in [-0.1, -0.05) is 12.1 Å². The van der Waals surface area contributed by atoms with E-state index in [2.05, 4.69) is 24.8 Å².